The molecule has 0 bridgehead atoms. The maximum absolute atomic E-state index is 12.3. The number of aromatic nitrogens is 4. The third-order valence-electron chi connectivity index (χ3n) is 2.94. The van der Waals surface area contributed by atoms with Gasteiger partial charge in [-0.25, -0.2) is 0 Å². The highest BCUT2D eigenvalue weighted by Gasteiger charge is 2.11. The van der Waals surface area contributed by atoms with Gasteiger partial charge in [-0.1, -0.05) is 11.3 Å². The van der Waals surface area contributed by atoms with Crippen LogP contribution in [0.5, 0.6) is 0 Å². The molecule has 0 aliphatic heterocycles. The van der Waals surface area contributed by atoms with Gasteiger partial charge in [0.15, 0.2) is 5.82 Å². The molecule has 0 aliphatic carbocycles. The van der Waals surface area contributed by atoms with E-state index < -0.39 is 0 Å². The van der Waals surface area contributed by atoms with Crippen molar-refractivity contribution in [3.63, 3.8) is 0 Å². The second kappa shape index (κ2) is 4.64. The van der Waals surface area contributed by atoms with Crippen molar-refractivity contribution in [2.24, 2.45) is 0 Å². The summed E-state index contributed by atoms with van der Waals surface area (Å²) in [7, 11) is 0. The fourth-order valence-corrected chi connectivity index (χ4v) is 2.85. The van der Waals surface area contributed by atoms with E-state index in [0.29, 0.717) is 21.1 Å². The molecule has 4 heterocycles. The van der Waals surface area contributed by atoms with Crippen LogP contribution in [0, 0.1) is 0 Å². The van der Waals surface area contributed by atoms with Crippen molar-refractivity contribution >= 4 is 22.4 Å². The highest BCUT2D eigenvalue weighted by Crippen LogP contribution is 2.14. The van der Waals surface area contributed by atoms with Gasteiger partial charge in [-0.3, -0.25) is 9.78 Å². The Balaban J connectivity index is 1.87. The van der Waals surface area contributed by atoms with E-state index >= 15 is 0 Å². The quantitative estimate of drug-likeness (QED) is 0.558. The van der Waals surface area contributed by atoms with Crippen molar-refractivity contribution in [3.8, 4) is 11.4 Å². The Labute approximate surface area is 122 Å². The summed E-state index contributed by atoms with van der Waals surface area (Å²) in [5, 5.41) is 4.26. The molecule has 4 rings (SSSR count). The minimum Gasteiger partial charge on any atom is -0.465 e. The molecule has 0 fully saturated rings. The largest absolute Gasteiger partial charge is 0.465 e. The minimum atomic E-state index is -0.195. The zero-order valence-corrected chi connectivity index (χ0v) is 11.4. The molecule has 6 nitrogen and oxygen atoms in total. The van der Waals surface area contributed by atoms with Crippen molar-refractivity contribution < 1.29 is 4.42 Å². The van der Waals surface area contributed by atoms with Crippen molar-refractivity contribution in [1.82, 2.24) is 19.6 Å². The second-order valence-corrected chi connectivity index (χ2v) is 5.31. The third-order valence-corrected chi connectivity index (χ3v) is 3.90. The van der Waals surface area contributed by atoms with Crippen LogP contribution in [0.2, 0.25) is 0 Å². The van der Waals surface area contributed by atoms with Crippen molar-refractivity contribution in [2.45, 2.75) is 0 Å². The van der Waals surface area contributed by atoms with Crippen LogP contribution >= 0.6 is 11.3 Å². The third kappa shape index (κ3) is 2.03. The molecule has 0 unspecified atom stereocenters. The first-order valence-electron chi connectivity index (χ1n) is 6.16. The molecule has 0 radical (unpaired) electrons. The van der Waals surface area contributed by atoms with E-state index in [1.54, 1.807) is 49.0 Å². The smallest absolute Gasteiger partial charge is 0.291 e. The zero-order valence-electron chi connectivity index (χ0n) is 10.6. The summed E-state index contributed by atoms with van der Waals surface area (Å²) in [6.45, 7) is 0. The van der Waals surface area contributed by atoms with Crippen LogP contribution in [0.15, 0.2) is 52.1 Å². The number of hydrogen-bond donors (Lipinski definition) is 0. The predicted molar refractivity (Wildman–Crippen MR) is 77.9 cm³/mol. The van der Waals surface area contributed by atoms with E-state index in [0.717, 1.165) is 5.56 Å². The van der Waals surface area contributed by atoms with Crippen LogP contribution in [-0.2, 0) is 0 Å². The molecular weight excluding hydrogens is 288 g/mol. The van der Waals surface area contributed by atoms with Gasteiger partial charge in [0.25, 0.3) is 5.56 Å². The summed E-state index contributed by atoms with van der Waals surface area (Å²) in [6, 6.07) is 7.17. The molecule has 102 valence electrons. The van der Waals surface area contributed by atoms with Gasteiger partial charge in [0.05, 0.1) is 6.26 Å². The number of thiazole rings is 1. The standard InChI is InChI=1S/C14H8N4O2S/c19-13-11(8-10-2-1-7-20-10)21-14-16-12(17-18(13)14)9-3-5-15-6-4-9/h1-8H. The van der Waals surface area contributed by atoms with Gasteiger partial charge in [-0.2, -0.15) is 9.50 Å². The summed E-state index contributed by atoms with van der Waals surface area (Å²) in [5.41, 5.74) is 0.635. The van der Waals surface area contributed by atoms with Crippen molar-refractivity contribution in [1.29, 1.82) is 0 Å². The molecule has 0 aliphatic rings. The SMILES string of the molecule is O=c1c(=Cc2ccco2)sc2nc(-c3ccncc3)nn12. The van der Waals surface area contributed by atoms with Crippen LogP contribution in [0.3, 0.4) is 0 Å². The maximum atomic E-state index is 12.3. The molecule has 0 saturated heterocycles. The Morgan fingerprint density at radius 1 is 1.24 bits per heavy atom. The summed E-state index contributed by atoms with van der Waals surface area (Å²) >= 11 is 1.28. The monoisotopic (exact) mass is 296 g/mol. The molecular formula is C14H8N4O2S. The average Bonchev–Trinajstić information content (AvgIpc) is 3.21. The molecule has 4 aromatic rings. The highest BCUT2D eigenvalue weighted by atomic mass is 32.1. The summed E-state index contributed by atoms with van der Waals surface area (Å²) in [5.74, 6) is 1.15. The Hall–Kier alpha value is -2.80. The Kier molecular flexibility index (Phi) is 2.65. The van der Waals surface area contributed by atoms with Crippen LogP contribution in [-0.4, -0.2) is 19.6 Å². The molecule has 0 amide bonds. The summed E-state index contributed by atoms with van der Waals surface area (Å²) < 4.78 is 7.07. The maximum Gasteiger partial charge on any atom is 0.291 e. The lowest BCUT2D eigenvalue weighted by molar-refractivity contribution is 0.556. The van der Waals surface area contributed by atoms with Gasteiger partial charge in [-0.05, 0) is 24.3 Å². The summed E-state index contributed by atoms with van der Waals surface area (Å²) in [4.78, 5) is 21.2. The van der Waals surface area contributed by atoms with E-state index in [1.165, 1.54) is 15.9 Å². The molecule has 0 saturated carbocycles. The van der Waals surface area contributed by atoms with E-state index in [2.05, 4.69) is 15.1 Å². The molecule has 0 N–H and O–H groups in total. The lowest BCUT2D eigenvalue weighted by atomic mass is 10.3. The topological polar surface area (TPSA) is 73.3 Å². The number of furan rings is 1. The van der Waals surface area contributed by atoms with E-state index in [9.17, 15) is 4.79 Å². The Bertz CT molecular complexity index is 1000. The van der Waals surface area contributed by atoms with E-state index in [4.69, 9.17) is 4.42 Å². The first-order valence-corrected chi connectivity index (χ1v) is 6.98. The molecule has 7 heteroatoms. The predicted octanol–water partition coefficient (Wildman–Crippen LogP) is 1.35. The van der Waals surface area contributed by atoms with Gasteiger partial charge in [0, 0.05) is 24.0 Å². The first-order chi connectivity index (χ1) is 10.3. The fourth-order valence-electron chi connectivity index (χ4n) is 1.96. The normalized spacial score (nSPS) is 12.3. The highest BCUT2D eigenvalue weighted by molar-refractivity contribution is 7.15. The average molecular weight is 296 g/mol. The van der Waals surface area contributed by atoms with Crippen LogP contribution in [0.4, 0.5) is 0 Å². The molecule has 0 atom stereocenters. The fraction of sp³-hybridized carbons (Fsp3) is 0. The number of hydrogen-bond acceptors (Lipinski definition) is 6. The van der Waals surface area contributed by atoms with Gasteiger partial charge in [0.1, 0.15) is 10.3 Å². The summed E-state index contributed by atoms with van der Waals surface area (Å²) in [6.07, 6.45) is 6.58. The van der Waals surface area contributed by atoms with Gasteiger partial charge < -0.3 is 4.42 Å². The number of nitrogens with zero attached hydrogens (tertiary/aromatic N) is 4. The molecule has 21 heavy (non-hydrogen) atoms. The van der Waals surface area contributed by atoms with Crippen molar-refractivity contribution in [3.05, 3.63) is 63.6 Å². The molecule has 0 spiro atoms. The molecule has 4 aromatic heterocycles. The van der Waals surface area contributed by atoms with Crippen molar-refractivity contribution in [2.75, 3.05) is 0 Å². The van der Waals surface area contributed by atoms with Gasteiger partial charge in [0.2, 0.25) is 4.96 Å². The Morgan fingerprint density at radius 2 is 2.10 bits per heavy atom. The lowest BCUT2D eigenvalue weighted by Crippen LogP contribution is -2.23. The van der Waals surface area contributed by atoms with Crippen LogP contribution < -0.4 is 10.1 Å². The van der Waals surface area contributed by atoms with Crippen LogP contribution in [0.1, 0.15) is 5.76 Å². The van der Waals surface area contributed by atoms with E-state index in [1.807, 2.05) is 0 Å². The number of pyridine rings is 1. The van der Waals surface area contributed by atoms with Gasteiger partial charge >= 0.3 is 0 Å². The first kappa shape index (κ1) is 12.0. The molecule has 0 aromatic carbocycles. The number of rotatable bonds is 2. The minimum absolute atomic E-state index is 0.195. The Morgan fingerprint density at radius 3 is 2.81 bits per heavy atom. The number of fused-ring (bicyclic) bond motifs is 1. The van der Waals surface area contributed by atoms with E-state index in [-0.39, 0.29) is 5.56 Å². The lowest BCUT2D eigenvalue weighted by Gasteiger charge is -1.90. The van der Waals surface area contributed by atoms with Crippen LogP contribution in [0.25, 0.3) is 22.4 Å². The van der Waals surface area contributed by atoms with Gasteiger partial charge in [-0.15, -0.1) is 5.10 Å². The second-order valence-electron chi connectivity index (χ2n) is 4.30. The zero-order chi connectivity index (χ0) is 14.2.